The van der Waals surface area contributed by atoms with E-state index in [9.17, 15) is 0 Å². The second-order valence-corrected chi connectivity index (χ2v) is 3.33. The maximum absolute atomic E-state index is 8.85. The molecule has 0 unspecified atom stereocenters. The van der Waals surface area contributed by atoms with Crippen molar-refractivity contribution in [2.24, 2.45) is 0 Å². The number of nitrogens with zero attached hydrogens (tertiary/aromatic N) is 1. The highest BCUT2D eigenvalue weighted by molar-refractivity contribution is 5.57. The summed E-state index contributed by atoms with van der Waals surface area (Å²) in [5.41, 5.74) is 1.62. The highest BCUT2D eigenvalue weighted by atomic mass is 14.9. The van der Waals surface area contributed by atoms with E-state index < -0.39 is 0 Å². The van der Waals surface area contributed by atoms with Crippen molar-refractivity contribution in [3.63, 3.8) is 0 Å². The summed E-state index contributed by atoms with van der Waals surface area (Å²) in [6.07, 6.45) is 1.15. The van der Waals surface area contributed by atoms with Crippen LogP contribution in [0.5, 0.6) is 0 Å². The molecule has 0 atom stereocenters. The van der Waals surface area contributed by atoms with Gasteiger partial charge in [0.05, 0.1) is 11.3 Å². The fraction of sp³-hybridized carbons (Fsp3) is 0.417. The molecule has 0 aliphatic rings. The molecule has 0 bridgehead atoms. The molecule has 0 amide bonds. The van der Waals surface area contributed by atoms with Crippen LogP contribution in [0.1, 0.15) is 18.9 Å². The Labute approximate surface area is 91.1 Å². The van der Waals surface area contributed by atoms with Gasteiger partial charge in [-0.15, -0.1) is 0 Å². The topological polar surface area (TPSA) is 47.8 Å². The van der Waals surface area contributed by atoms with Gasteiger partial charge < -0.3 is 10.6 Å². The molecule has 0 aromatic heterocycles. The predicted octanol–water partition coefficient (Wildman–Crippen LogP) is 1.97. The summed E-state index contributed by atoms with van der Waals surface area (Å²) < 4.78 is 0. The van der Waals surface area contributed by atoms with Crippen LogP contribution in [-0.2, 0) is 0 Å². The number of hydrogen-bond acceptors (Lipinski definition) is 3. The zero-order valence-corrected chi connectivity index (χ0v) is 9.09. The molecule has 0 aliphatic heterocycles. The average Bonchev–Trinajstić information content (AvgIpc) is 2.29. The van der Waals surface area contributed by atoms with Crippen LogP contribution in [0.4, 0.5) is 5.69 Å². The lowest BCUT2D eigenvalue weighted by atomic mass is 10.2. The van der Waals surface area contributed by atoms with Crippen molar-refractivity contribution in [2.75, 3.05) is 25.0 Å². The van der Waals surface area contributed by atoms with Crippen LogP contribution < -0.4 is 10.6 Å². The van der Waals surface area contributed by atoms with Crippen molar-refractivity contribution in [3.8, 4) is 6.07 Å². The molecule has 0 heterocycles. The van der Waals surface area contributed by atoms with E-state index >= 15 is 0 Å². The third kappa shape index (κ3) is 4.01. The van der Waals surface area contributed by atoms with Gasteiger partial charge in [0, 0.05) is 13.1 Å². The number of nitriles is 1. The van der Waals surface area contributed by atoms with Gasteiger partial charge in [-0.3, -0.25) is 0 Å². The number of benzene rings is 1. The molecule has 0 fully saturated rings. The van der Waals surface area contributed by atoms with Gasteiger partial charge >= 0.3 is 0 Å². The Balaban J connectivity index is 2.34. The largest absolute Gasteiger partial charge is 0.383 e. The van der Waals surface area contributed by atoms with E-state index in [2.05, 4.69) is 23.6 Å². The quantitative estimate of drug-likeness (QED) is 0.695. The highest BCUT2D eigenvalue weighted by Gasteiger charge is 1.97. The molecule has 2 N–H and O–H groups in total. The van der Waals surface area contributed by atoms with Gasteiger partial charge in [-0.05, 0) is 25.1 Å². The minimum absolute atomic E-state index is 0.702. The Kier molecular flexibility index (Phi) is 5.28. The van der Waals surface area contributed by atoms with Gasteiger partial charge in [-0.2, -0.15) is 5.26 Å². The number of anilines is 1. The lowest BCUT2D eigenvalue weighted by Gasteiger charge is -2.08. The fourth-order valence-electron chi connectivity index (χ4n) is 1.32. The van der Waals surface area contributed by atoms with Crippen molar-refractivity contribution in [3.05, 3.63) is 29.8 Å². The predicted molar refractivity (Wildman–Crippen MR) is 62.8 cm³/mol. The van der Waals surface area contributed by atoms with Gasteiger partial charge in [0.2, 0.25) is 0 Å². The molecular formula is C12H17N3. The summed E-state index contributed by atoms with van der Waals surface area (Å²) in [6, 6.07) is 9.72. The monoisotopic (exact) mass is 203 g/mol. The van der Waals surface area contributed by atoms with Crippen LogP contribution in [0.3, 0.4) is 0 Å². The summed E-state index contributed by atoms with van der Waals surface area (Å²) >= 11 is 0. The Morgan fingerprint density at radius 2 is 2.00 bits per heavy atom. The summed E-state index contributed by atoms with van der Waals surface area (Å²) in [4.78, 5) is 0. The van der Waals surface area contributed by atoms with Gasteiger partial charge in [-0.1, -0.05) is 19.1 Å². The molecule has 80 valence electrons. The average molecular weight is 203 g/mol. The fourth-order valence-corrected chi connectivity index (χ4v) is 1.32. The highest BCUT2D eigenvalue weighted by Crippen LogP contribution is 2.12. The molecule has 0 saturated carbocycles. The van der Waals surface area contributed by atoms with E-state index in [4.69, 9.17) is 5.26 Å². The molecule has 1 aromatic carbocycles. The number of para-hydroxylation sites is 1. The van der Waals surface area contributed by atoms with Crippen molar-refractivity contribution in [1.29, 1.82) is 5.26 Å². The maximum Gasteiger partial charge on any atom is 0.101 e. The Morgan fingerprint density at radius 3 is 2.73 bits per heavy atom. The number of rotatable bonds is 6. The molecule has 3 nitrogen and oxygen atoms in total. The van der Waals surface area contributed by atoms with Crippen molar-refractivity contribution in [1.82, 2.24) is 5.32 Å². The Bertz CT molecular complexity index is 328. The van der Waals surface area contributed by atoms with Crippen LogP contribution in [0.15, 0.2) is 24.3 Å². The second-order valence-electron chi connectivity index (χ2n) is 3.33. The number of hydrogen-bond donors (Lipinski definition) is 2. The zero-order chi connectivity index (χ0) is 10.9. The molecule has 0 spiro atoms. The third-order valence-corrected chi connectivity index (χ3v) is 2.09. The van der Waals surface area contributed by atoms with Crippen molar-refractivity contribution in [2.45, 2.75) is 13.3 Å². The SMILES string of the molecule is CCCNCCNc1ccccc1C#N. The molecule has 15 heavy (non-hydrogen) atoms. The number of nitrogens with one attached hydrogen (secondary N) is 2. The smallest absolute Gasteiger partial charge is 0.101 e. The van der Waals surface area contributed by atoms with Gasteiger partial charge in [0.1, 0.15) is 6.07 Å². The summed E-state index contributed by atoms with van der Waals surface area (Å²) in [5, 5.41) is 15.4. The summed E-state index contributed by atoms with van der Waals surface area (Å²) in [6.45, 7) is 4.96. The molecule has 0 radical (unpaired) electrons. The van der Waals surface area contributed by atoms with Crippen LogP contribution >= 0.6 is 0 Å². The standard InChI is InChI=1S/C12H17N3/c1-2-7-14-8-9-15-12-6-4-3-5-11(12)10-13/h3-6,14-15H,2,7-9H2,1H3. The van der Waals surface area contributed by atoms with E-state index in [1.165, 1.54) is 0 Å². The van der Waals surface area contributed by atoms with E-state index in [1.807, 2.05) is 24.3 Å². The second kappa shape index (κ2) is 6.86. The van der Waals surface area contributed by atoms with E-state index in [0.717, 1.165) is 31.7 Å². The minimum Gasteiger partial charge on any atom is -0.383 e. The molecule has 0 aliphatic carbocycles. The molecule has 1 rings (SSSR count). The van der Waals surface area contributed by atoms with Crippen LogP contribution in [0, 0.1) is 11.3 Å². The molecule has 3 heteroatoms. The summed E-state index contributed by atoms with van der Waals surface area (Å²) in [7, 11) is 0. The lowest BCUT2D eigenvalue weighted by molar-refractivity contribution is 0.688. The van der Waals surface area contributed by atoms with Gasteiger partial charge in [-0.25, -0.2) is 0 Å². The zero-order valence-electron chi connectivity index (χ0n) is 9.09. The lowest BCUT2D eigenvalue weighted by Crippen LogP contribution is -2.22. The van der Waals surface area contributed by atoms with E-state index in [1.54, 1.807) is 0 Å². The molecule has 1 aromatic rings. The first-order valence-electron chi connectivity index (χ1n) is 5.32. The van der Waals surface area contributed by atoms with Crippen LogP contribution in [0.25, 0.3) is 0 Å². The first kappa shape index (κ1) is 11.5. The third-order valence-electron chi connectivity index (χ3n) is 2.09. The Hall–Kier alpha value is -1.53. The van der Waals surface area contributed by atoms with Gasteiger partial charge in [0.15, 0.2) is 0 Å². The first-order valence-corrected chi connectivity index (χ1v) is 5.32. The van der Waals surface area contributed by atoms with Crippen LogP contribution in [-0.4, -0.2) is 19.6 Å². The van der Waals surface area contributed by atoms with Crippen molar-refractivity contribution < 1.29 is 0 Å². The Morgan fingerprint density at radius 1 is 1.20 bits per heavy atom. The summed E-state index contributed by atoms with van der Waals surface area (Å²) in [5.74, 6) is 0. The van der Waals surface area contributed by atoms with Crippen molar-refractivity contribution >= 4 is 5.69 Å². The maximum atomic E-state index is 8.85. The first-order chi connectivity index (χ1) is 7.38. The normalized spacial score (nSPS) is 9.60. The molecule has 0 saturated heterocycles. The molecular weight excluding hydrogens is 186 g/mol. The van der Waals surface area contributed by atoms with Crippen LogP contribution in [0.2, 0.25) is 0 Å². The van der Waals surface area contributed by atoms with E-state index in [-0.39, 0.29) is 0 Å². The minimum atomic E-state index is 0.702. The van der Waals surface area contributed by atoms with Gasteiger partial charge in [0.25, 0.3) is 0 Å². The van der Waals surface area contributed by atoms with E-state index in [0.29, 0.717) is 5.56 Å².